The maximum absolute atomic E-state index is 13.0. The Morgan fingerprint density at radius 1 is 1.19 bits per heavy atom. The molecule has 1 atom stereocenters. The van der Waals surface area contributed by atoms with Crippen LogP contribution in [0.5, 0.6) is 5.75 Å². The molecule has 0 radical (unpaired) electrons. The van der Waals surface area contributed by atoms with Gasteiger partial charge in [-0.3, -0.25) is 9.59 Å². The summed E-state index contributed by atoms with van der Waals surface area (Å²) in [4.78, 5) is 27.4. The molecule has 32 heavy (non-hydrogen) atoms. The lowest BCUT2D eigenvalue weighted by Crippen LogP contribution is -2.31. The predicted molar refractivity (Wildman–Crippen MR) is 124 cm³/mol. The molecule has 2 aromatic carbocycles. The number of nitrogens with zero attached hydrogens (tertiary/aromatic N) is 1. The second-order valence-electron chi connectivity index (χ2n) is 7.23. The Bertz CT molecular complexity index is 1190. The van der Waals surface area contributed by atoms with Gasteiger partial charge in [0, 0.05) is 17.1 Å². The molecular formula is C24H19BrClNO5. The van der Waals surface area contributed by atoms with Crippen LogP contribution in [-0.4, -0.2) is 35.4 Å². The van der Waals surface area contributed by atoms with Crippen LogP contribution in [0.1, 0.15) is 22.9 Å². The Labute approximate surface area is 198 Å². The van der Waals surface area contributed by atoms with E-state index in [0.29, 0.717) is 33.0 Å². The Morgan fingerprint density at radius 2 is 1.94 bits per heavy atom. The Hall–Kier alpha value is -3.03. The van der Waals surface area contributed by atoms with Crippen molar-refractivity contribution in [1.82, 2.24) is 4.90 Å². The summed E-state index contributed by atoms with van der Waals surface area (Å²) in [5, 5.41) is 11.7. The van der Waals surface area contributed by atoms with Crippen LogP contribution in [0.15, 0.2) is 75.3 Å². The highest BCUT2D eigenvalue weighted by atomic mass is 79.9. The lowest BCUT2D eigenvalue weighted by molar-refractivity contribution is -0.140. The molecule has 0 aliphatic carbocycles. The molecule has 0 saturated carbocycles. The Balaban J connectivity index is 1.73. The van der Waals surface area contributed by atoms with E-state index in [4.69, 9.17) is 20.8 Å². The van der Waals surface area contributed by atoms with E-state index in [1.54, 1.807) is 42.5 Å². The van der Waals surface area contributed by atoms with E-state index < -0.39 is 17.7 Å². The highest BCUT2D eigenvalue weighted by Gasteiger charge is 2.47. The fourth-order valence-electron chi connectivity index (χ4n) is 3.72. The molecule has 2 heterocycles. The molecule has 8 heteroatoms. The quantitative estimate of drug-likeness (QED) is 0.271. The number of aliphatic hydroxyl groups is 1. The number of methoxy groups -OCH3 is 1. The number of hydrogen-bond acceptors (Lipinski definition) is 5. The predicted octanol–water partition coefficient (Wildman–Crippen LogP) is 5.37. The highest BCUT2D eigenvalue weighted by molar-refractivity contribution is 9.10. The Kier molecular flexibility index (Phi) is 6.39. The van der Waals surface area contributed by atoms with E-state index in [1.165, 1.54) is 18.3 Å². The molecule has 6 nitrogen and oxygen atoms in total. The van der Waals surface area contributed by atoms with Crippen molar-refractivity contribution in [1.29, 1.82) is 0 Å². The van der Waals surface area contributed by atoms with Gasteiger partial charge in [0.15, 0.2) is 0 Å². The fourth-order valence-corrected chi connectivity index (χ4v) is 4.39. The van der Waals surface area contributed by atoms with Crippen LogP contribution in [0.3, 0.4) is 0 Å². The number of benzene rings is 2. The number of aliphatic hydroxyl groups excluding tert-OH is 1. The Morgan fingerprint density at radius 3 is 2.56 bits per heavy atom. The van der Waals surface area contributed by atoms with Crippen LogP contribution in [0.4, 0.5) is 0 Å². The zero-order valence-electron chi connectivity index (χ0n) is 17.0. The highest BCUT2D eigenvalue weighted by Crippen LogP contribution is 2.40. The van der Waals surface area contributed by atoms with Gasteiger partial charge in [0.25, 0.3) is 11.7 Å². The third-order valence-electron chi connectivity index (χ3n) is 5.33. The number of halogens is 2. The monoisotopic (exact) mass is 515 g/mol. The molecule has 1 unspecified atom stereocenters. The van der Waals surface area contributed by atoms with Crippen LogP contribution in [0.2, 0.25) is 5.02 Å². The molecule has 164 valence electrons. The minimum Gasteiger partial charge on any atom is -0.507 e. The lowest BCUT2D eigenvalue weighted by Gasteiger charge is -2.23. The van der Waals surface area contributed by atoms with Crippen molar-refractivity contribution < 1.29 is 23.8 Å². The molecule has 1 fully saturated rings. The smallest absolute Gasteiger partial charge is 0.295 e. The minimum atomic E-state index is -0.835. The third-order valence-corrected chi connectivity index (χ3v) is 6.20. The van der Waals surface area contributed by atoms with Crippen LogP contribution in [0.25, 0.3) is 5.76 Å². The first kappa shape index (κ1) is 22.2. The average molecular weight is 517 g/mol. The van der Waals surface area contributed by atoms with Gasteiger partial charge in [-0.1, -0.05) is 23.7 Å². The van der Waals surface area contributed by atoms with Crippen molar-refractivity contribution in [2.24, 2.45) is 0 Å². The lowest BCUT2D eigenvalue weighted by atomic mass is 9.99. The number of furan rings is 1. The number of ether oxygens (including phenoxy) is 1. The number of Topliss-reactive ketones (excluding diaryl/α,β-unsaturated/α-hetero) is 1. The number of likely N-dealkylation sites (tertiary alicyclic amines) is 1. The molecular weight excluding hydrogens is 498 g/mol. The zero-order valence-corrected chi connectivity index (χ0v) is 19.4. The summed E-state index contributed by atoms with van der Waals surface area (Å²) in [6.45, 7) is 0.265. The molecule has 4 rings (SSSR count). The first-order valence-corrected chi connectivity index (χ1v) is 11.0. The van der Waals surface area contributed by atoms with Crippen molar-refractivity contribution in [3.63, 3.8) is 0 Å². The molecule has 1 amide bonds. The summed E-state index contributed by atoms with van der Waals surface area (Å²) in [5.74, 6) is -0.745. The summed E-state index contributed by atoms with van der Waals surface area (Å²) in [5.41, 5.74) is 1.33. The van der Waals surface area contributed by atoms with Gasteiger partial charge in [0.2, 0.25) is 0 Å². The first-order chi connectivity index (χ1) is 15.4. The van der Waals surface area contributed by atoms with Gasteiger partial charge < -0.3 is 19.2 Å². The van der Waals surface area contributed by atoms with E-state index in [-0.39, 0.29) is 17.9 Å². The second kappa shape index (κ2) is 9.22. The van der Waals surface area contributed by atoms with Crippen molar-refractivity contribution >= 4 is 45.0 Å². The van der Waals surface area contributed by atoms with Crippen molar-refractivity contribution in [3.05, 3.63) is 92.8 Å². The standard InChI is InChI=1S/C24H19BrClNO5/c1-31-18-9-6-15(13-17(18)25)22(28)20-21(19-3-2-12-32-19)27(24(30)23(20)29)11-10-14-4-7-16(26)8-5-14/h2-9,12-13,21,28H,10-11H2,1H3/b22-20-. The molecule has 1 aliphatic rings. The summed E-state index contributed by atoms with van der Waals surface area (Å²) in [6, 6.07) is 14.7. The van der Waals surface area contributed by atoms with Crippen LogP contribution in [0, 0.1) is 0 Å². The topological polar surface area (TPSA) is 80.0 Å². The fraction of sp³-hybridized carbons (Fsp3) is 0.167. The van der Waals surface area contributed by atoms with Gasteiger partial charge in [0.05, 0.1) is 23.4 Å². The maximum atomic E-state index is 13.0. The van der Waals surface area contributed by atoms with Crippen molar-refractivity contribution in [3.8, 4) is 5.75 Å². The van der Waals surface area contributed by atoms with E-state index in [1.807, 2.05) is 12.1 Å². The average Bonchev–Trinajstić information content (AvgIpc) is 3.40. The van der Waals surface area contributed by atoms with Crippen LogP contribution < -0.4 is 4.74 Å². The van der Waals surface area contributed by atoms with Gasteiger partial charge >= 0.3 is 0 Å². The second-order valence-corrected chi connectivity index (χ2v) is 8.52. The molecule has 1 aromatic heterocycles. The third kappa shape index (κ3) is 4.18. The zero-order chi connectivity index (χ0) is 22.8. The number of amides is 1. The van der Waals surface area contributed by atoms with Crippen LogP contribution >= 0.6 is 27.5 Å². The summed E-state index contributed by atoms with van der Waals surface area (Å²) >= 11 is 9.33. The number of hydrogen-bond donors (Lipinski definition) is 1. The van der Waals surface area contributed by atoms with E-state index >= 15 is 0 Å². The SMILES string of the molecule is COc1ccc(/C(O)=C2/C(=O)C(=O)N(CCc3ccc(Cl)cc3)C2c2ccco2)cc1Br. The van der Waals surface area contributed by atoms with Crippen LogP contribution in [-0.2, 0) is 16.0 Å². The summed E-state index contributed by atoms with van der Waals surface area (Å²) in [7, 11) is 1.53. The minimum absolute atomic E-state index is 0.0156. The molecule has 1 saturated heterocycles. The first-order valence-electron chi connectivity index (χ1n) is 9.81. The molecule has 1 N–H and O–H groups in total. The largest absolute Gasteiger partial charge is 0.507 e. The van der Waals surface area contributed by atoms with Gasteiger partial charge in [-0.15, -0.1) is 0 Å². The number of carbonyl (C=O) groups is 2. The maximum Gasteiger partial charge on any atom is 0.295 e. The number of carbonyl (C=O) groups excluding carboxylic acids is 2. The van der Waals surface area contributed by atoms with E-state index in [2.05, 4.69) is 15.9 Å². The van der Waals surface area contributed by atoms with Gasteiger partial charge in [-0.2, -0.15) is 0 Å². The van der Waals surface area contributed by atoms with Gasteiger partial charge in [-0.25, -0.2) is 0 Å². The normalized spacial score (nSPS) is 17.7. The van der Waals surface area contributed by atoms with E-state index in [0.717, 1.165) is 5.56 Å². The van der Waals surface area contributed by atoms with E-state index in [9.17, 15) is 14.7 Å². The number of ketones is 1. The van der Waals surface area contributed by atoms with Gasteiger partial charge in [-0.05, 0) is 70.4 Å². The molecule has 1 aliphatic heterocycles. The van der Waals surface area contributed by atoms with Crippen molar-refractivity contribution in [2.45, 2.75) is 12.5 Å². The molecule has 0 spiro atoms. The molecule has 0 bridgehead atoms. The van der Waals surface area contributed by atoms with Crippen molar-refractivity contribution in [2.75, 3.05) is 13.7 Å². The summed E-state index contributed by atoms with van der Waals surface area (Å²) < 4.78 is 11.4. The number of rotatable bonds is 6. The van der Waals surface area contributed by atoms with Gasteiger partial charge in [0.1, 0.15) is 23.3 Å². The molecule has 3 aromatic rings. The summed E-state index contributed by atoms with van der Waals surface area (Å²) in [6.07, 6.45) is 1.98.